The maximum atomic E-state index is 5.70. The van der Waals surface area contributed by atoms with E-state index < -0.39 is 0 Å². The van der Waals surface area contributed by atoms with Crippen molar-refractivity contribution in [3.63, 3.8) is 0 Å². The summed E-state index contributed by atoms with van der Waals surface area (Å²) in [5.41, 5.74) is 5.82. The molecule has 28 heavy (non-hydrogen) atoms. The van der Waals surface area contributed by atoms with E-state index in [2.05, 4.69) is 47.1 Å². The van der Waals surface area contributed by atoms with Crippen molar-refractivity contribution in [1.82, 2.24) is 19.3 Å². The molecule has 0 unspecified atom stereocenters. The smallest absolute Gasteiger partial charge is 0.161 e. The molecule has 1 aliphatic heterocycles. The fraction of sp³-hybridized carbons (Fsp3) is 0.429. The lowest BCUT2D eigenvalue weighted by molar-refractivity contribution is 0.171. The van der Waals surface area contributed by atoms with Crippen LogP contribution in [0.5, 0.6) is 11.5 Å². The van der Waals surface area contributed by atoms with Gasteiger partial charge < -0.3 is 14.0 Å². The Balaban J connectivity index is 0.00000225. The summed E-state index contributed by atoms with van der Waals surface area (Å²) in [5.74, 6) is 1.68. The topological polar surface area (TPSA) is 54.1 Å². The molecule has 0 spiro atoms. The SMILES string of the molecule is CCCn1nc(C)c(-c2cncn2CCc2ccc3c(c2)OCCO3)c1C.Cl. The Morgan fingerprint density at radius 3 is 2.64 bits per heavy atom. The van der Waals surface area contributed by atoms with Crippen LogP contribution >= 0.6 is 12.4 Å². The molecule has 3 heterocycles. The summed E-state index contributed by atoms with van der Waals surface area (Å²) >= 11 is 0. The van der Waals surface area contributed by atoms with E-state index in [1.54, 1.807) is 0 Å². The summed E-state index contributed by atoms with van der Waals surface area (Å²) in [6, 6.07) is 6.20. The minimum absolute atomic E-state index is 0. The maximum absolute atomic E-state index is 5.70. The second kappa shape index (κ2) is 8.69. The summed E-state index contributed by atoms with van der Waals surface area (Å²) in [6.07, 6.45) is 5.83. The van der Waals surface area contributed by atoms with Crippen LogP contribution in [0.25, 0.3) is 11.3 Å². The van der Waals surface area contributed by atoms with Gasteiger partial charge in [-0.25, -0.2) is 4.98 Å². The van der Waals surface area contributed by atoms with Gasteiger partial charge in [-0.3, -0.25) is 4.68 Å². The van der Waals surface area contributed by atoms with E-state index in [0.29, 0.717) is 13.2 Å². The lowest BCUT2D eigenvalue weighted by atomic mass is 10.1. The average Bonchev–Trinajstić information content (AvgIpc) is 3.24. The molecule has 2 aromatic heterocycles. The van der Waals surface area contributed by atoms with E-state index in [4.69, 9.17) is 14.6 Å². The van der Waals surface area contributed by atoms with Crippen molar-refractivity contribution < 1.29 is 9.47 Å². The normalized spacial score (nSPS) is 12.7. The third-order valence-corrected chi connectivity index (χ3v) is 5.03. The quantitative estimate of drug-likeness (QED) is 0.619. The molecule has 7 heteroatoms. The molecule has 4 rings (SSSR count). The zero-order valence-corrected chi connectivity index (χ0v) is 17.5. The predicted octanol–water partition coefficient (Wildman–Crippen LogP) is 4.21. The zero-order valence-electron chi connectivity index (χ0n) is 16.6. The van der Waals surface area contributed by atoms with Gasteiger partial charge in [-0.2, -0.15) is 5.10 Å². The van der Waals surface area contributed by atoms with Crippen LogP contribution in [0.1, 0.15) is 30.3 Å². The largest absolute Gasteiger partial charge is 0.486 e. The van der Waals surface area contributed by atoms with Crippen LogP contribution in [-0.4, -0.2) is 32.5 Å². The molecule has 0 saturated heterocycles. The highest BCUT2D eigenvalue weighted by atomic mass is 35.5. The highest BCUT2D eigenvalue weighted by molar-refractivity contribution is 5.85. The summed E-state index contributed by atoms with van der Waals surface area (Å²) < 4.78 is 15.6. The molecule has 1 aromatic carbocycles. The van der Waals surface area contributed by atoms with Crippen LogP contribution in [0.3, 0.4) is 0 Å². The van der Waals surface area contributed by atoms with E-state index in [0.717, 1.165) is 48.8 Å². The first kappa shape index (κ1) is 20.3. The van der Waals surface area contributed by atoms with Gasteiger partial charge >= 0.3 is 0 Å². The number of hydrogen-bond acceptors (Lipinski definition) is 4. The van der Waals surface area contributed by atoms with Gasteiger partial charge in [0.15, 0.2) is 11.5 Å². The maximum Gasteiger partial charge on any atom is 0.161 e. The van der Waals surface area contributed by atoms with Crippen molar-refractivity contribution in [3.05, 3.63) is 47.7 Å². The Morgan fingerprint density at radius 2 is 1.86 bits per heavy atom. The Bertz CT molecular complexity index is 948. The number of aryl methyl sites for hydroxylation is 4. The van der Waals surface area contributed by atoms with Crippen molar-refractivity contribution in [3.8, 4) is 22.8 Å². The molecule has 150 valence electrons. The van der Waals surface area contributed by atoms with E-state index >= 15 is 0 Å². The molecule has 0 amide bonds. The molecule has 3 aromatic rings. The van der Waals surface area contributed by atoms with Gasteiger partial charge in [-0.05, 0) is 44.4 Å². The molecule has 0 fully saturated rings. The van der Waals surface area contributed by atoms with Crippen LogP contribution in [0.4, 0.5) is 0 Å². The van der Waals surface area contributed by atoms with E-state index in [9.17, 15) is 0 Å². The highest BCUT2D eigenvalue weighted by Gasteiger charge is 2.17. The van der Waals surface area contributed by atoms with Gasteiger partial charge in [0.05, 0.1) is 23.9 Å². The third-order valence-electron chi connectivity index (χ3n) is 5.03. The van der Waals surface area contributed by atoms with E-state index in [1.807, 2.05) is 18.6 Å². The van der Waals surface area contributed by atoms with Gasteiger partial charge in [0.2, 0.25) is 0 Å². The molecule has 0 atom stereocenters. The molecular formula is C21H27ClN4O2. The number of hydrogen-bond donors (Lipinski definition) is 0. The lowest BCUT2D eigenvalue weighted by Crippen LogP contribution is -2.15. The van der Waals surface area contributed by atoms with Crippen molar-refractivity contribution in [2.75, 3.05) is 13.2 Å². The minimum atomic E-state index is 0. The van der Waals surface area contributed by atoms with Crippen LogP contribution in [0, 0.1) is 13.8 Å². The minimum Gasteiger partial charge on any atom is -0.486 e. The number of aromatic nitrogens is 4. The zero-order chi connectivity index (χ0) is 18.8. The molecule has 0 aliphatic carbocycles. The van der Waals surface area contributed by atoms with Crippen LogP contribution in [-0.2, 0) is 19.5 Å². The van der Waals surface area contributed by atoms with Gasteiger partial charge in [0.1, 0.15) is 13.2 Å². The molecule has 0 saturated carbocycles. The Morgan fingerprint density at radius 1 is 1.07 bits per heavy atom. The Labute approximate surface area is 171 Å². The number of imidazole rings is 1. The van der Waals surface area contributed by atoms with E-state index in [-0.39, 0.29) is 12.4 Å². The Kier molecular flexibility index (Phi) is 6.29. The standard InChI is InChI=1S/C21H26N4O2.ClH/c1-4-8-25-16(3)21(15(2)23-25)18-13-22-14-24(18)9-7-17-5-6-19-20(12-17)27-11-10-26-19;/h5-6,12-14H,4,7-11H2,1-3H3;1H. The molecule has 0 N–H and O–H groups in total. The van der Waals surface area contributed by atoms with Crippen LogP contribution < -0.4 is 9.47 Å². The first-order valence-corrected chi connectivity index (χ1v) is 9.60. The first-order chi connectivity index (χ1) is 13.2. The number of nitrogens with zero attached hydrogens (tertiary/aromatic N) is 4. The van der Waals surface area contributed by atoms with Crippen LogP contribution in [0.15, 0.2) is 30.7 Å². The van der Waals surface area contributed by atoms with Gasteiger partial charge in [0.25, 0.3) is 0 Å². The van der Waals surface area contributed by atoms with Crippen molar-refractivity contribution in [1.29, 1.82) is 0 Å². The number of rotatable bonds is 6. The molecular weight excluding hydrogens is 376 g/mol. The van der Waals surface area contributed by atoms with Crippen molar-refractivity contribution >= 4 is 12.4 Å². The molecule has 6 nitrogen and oxygen atoms in total. The summed E-state index contributed by atoms with van der Waals surface area (Å²) in [7, 11) is 0. The molecule has 1 aliphatic rings. The second-order valence-corrected chi connectivity index (χ2v) is 6.97. The predicted molar refractivity (Wildman–Crippen MR) is 112 cm³/mol. The number of benzene rings is 1. The van der Waals surface area contributed by atoms with Gasteiger partial charge in [-0.15, -0.1) is 12.4 Å². The number of halogens is 1. The lowest BCUT2D eigenvalue weighted by Gasteiger charge is -2.19. The molecule has 0 bridgehead atoms. The van der Waals surface area contributed by atoms with Gasteiger partial charge in [-0.1, -0.05) is 13.0 Å². The van der Waals surface area contributed by atoms with Crippen molar-refractivity contribution in [2.45, 2.75) is 46.7 Å². The monoisotopic (exact) mass is 402 g/mol. The summed E-state index contributed by atoms with van der Waals surface area (Å²) in [5, 5.41) is 4.71. The third kappa shape index (κ3) is 3.87. The fourth-order valence-electron chi connectivity index (χ4n) is 3.70. The first-order valence-electron chi connectivity index (χ1n) is 9.60. The Hall–Kier alpha value is -2.47. The van der Waals surface area contributed by atoms with Gasteiger partial charge in [0, 0.05) is 24.3 Å². The van der Waals surface area contributed by atoms with Crippen LogP contribution in [0.2, 0.25) is 0 Å². The second-order valence-electron chi connectivity index (χ2n) is 6.97. The number of fused-ring (bicyclic) bond motifs is 1. The average molecular weight is 403 g/mol. The summed E-state index contributed by atoms with van der Waals surface area (Å²) in [4.78, 5) is 4.40. The summed E-state index contributed by atoms with van der Waals surface area (Å²) in [6.45, 7) is 9.42. The molecule has 0 radical (unpaired) electrons. The van der Waals surface area contributed by atoms with E-state index in [1.165, 1.54) is 16.8 Å². The fourth-order valence-corrected chi connectivity index (χ4v) is 3.70. The van der Waals surface area contributed by atoms with Crippen molar-refractivity contribution in [2.24, 2.45) is 0 Å². The number of ether oxygens (including phenoxy) is 2. The highest BCUT2D eigenvalue weighted by Crippen LogP contribution is 2.31.